The van der Waals surface area contributed by atoms with Crippen molar-refractivity contribution in [3.63, 3.8) is 0 Å². The van der Waals surface area contributed by atoms with Gasteiger partial charge in [-0.25, -0.2) is 0 Å². The molecule has 0 fully saturated rings. The Morgan fingerprint density at radius 3 is 1.67 bits per heavy atom. The molecular weight excluding hydrogens is 695 g/mol. The Balaban J connectivity index is 2.55. The van der Waals surface area contributed by atoms with E-state index in [9.17, 15) is 19.2 Å². The van der Waals surface area contributed by atoms with Crippen LogP contribution in [0.4, 0.5) is 11.4 Å². The minimum absolute atomic E-state index is 0.0502. The first-order chi connectivity index (χ1) is 26.7. The van der Waals surface area contributed by atoms with Crippen molar-refractivity contribution in [3.8, 4) is 0 Å². The van der Waals surface area contributed by atoms with Crippen molar-refractivity contribution in [2.24, 2.45) is 0 Å². The molecule has 10 heteroatoms. The van der Waals surface area contributed by atoms with Crippen molar-refractivity contribution >= 4 is 23.3 Å². The molecule has 0 aromatic heterocycles. The number of carbonyl (C=O) groups is 2. The number of ether oxygens (including phenoxy) is 3. The Kier molecular flexibility index (Phi) is 32.0. The van der Waals surface area contributed by atoms with Crippen molar-refractivity contribution in [3.05, 3.63) is 20.4 Å². The molecule has 0 saturated carbocycles. The Hall–Kier alpha value is -2.46. The number of nitrogens with one attached hydrogen (secondary N) is 1. The van der Waals surface area contributed by atoms with Gasteiger partial charge in [0.05, 0.1) is 19.8 Å². The fourth-order valence-electron chi connectivity index (χ4n) is 6.87. The van der Waals surface area contributed by atoms with Gasteiger partial charge in [-0.05, 0) is 71.9 Å². The monoisotopic (exact) mass is 778 g/mol. The summed E-state index contributed by atoms with van der Waals surface area (Å²) in [5.74, 6) is -0.151. The van der Waals surface area contributed by atoms with Gasteiger partial charge in [-0.2, -0.15) is 0 Å². The number of hydrogen-bond acceptors (Lipinski definition) is 10. The number of unbranched alkanes of at least 4 members (excludes halogenated alkanes) is 17. The van der Waals surface area contributed by atoms with Gasteiger partial charge in [-0.1, -0.05) is 117 Å². The van der Waals surface area contributed by atoms with E-state index in [1.54, 1.807) is 0 Å². The van der Waals surface area contributed by atoms with Crippen molar-refractivity contribution in [1.29, 1.82) is 0 Å². The Morgan fingerprint density at radius 1 is 0.564 bits per heavy atom. The molecule has 320 valence electrons. The number of nitrogens with zero attached hydrogens (tertiary/aromatic N) is 2. The second kappa shape index (κ2) is 34.8. The summed E-state index contributed by atoms with van der Waals surface area (Å²) >= 11 is 0. The molecule has 0 aliphatic carbocycles. The third-order valence-electron chi connectivity index (χ3n) is 10.4. The quantitative estimate of drug-likeness (QED) is 0.0393. The molecule has 0 spiro atoms. The summed E-state index contributed by atoms with van der Waals surface area (Å²) in [5.41, 5.74) is 0.0846. The van der Waals surface area contributed by atoms with Crippen LogP contribution >= 0.6 is 0 Å². The highest BCUT2D eigenvalue weighted by atomic mass is 16.5. The van der Waals surface area contributed by atoms with E-state index in [0.29, 0.717) is 63.7 Å². The van der Waals surface area contributed by atoms with Crippen LogP contribution in [0.1, 0.15) is 188 Å². The van der Waals surface area contributed by atoms with Crippen LogP contribution in [0.2, 0.25) is 0 Å². The van der Waals surface area contributed by atoms with Crippen LogP contribution in [0.3, 0.4) is 0 Å². The van der Waals surface area contributed by atoms with Gasteiger partial charge >= 0.3 is 11.9 Å². The number of esters is 2. The SMILES string of the molecule is CCCCCCCC(CCCCCC)OC(=O)CCCCCCCN(CCCCCCCC(=O)OCCCCC)c1c(NCCOCCN(C)C)c(=O)c1=O. The van der Waals surface area contributed by atoms with E-state index in [1.165, 1.54) is 44.9 Å². The Bertz CT molecular complexity index is 1150. The van der Waals surface area contributed by atoms with Crippen molar-refractivity contribution < 1.29 is 23.8 Å². The molecule has 0 heterocycles. The fraction of sp³-hybridized carbons (Fsp3) is 0.867. The lowest BCUT2D eigenvalue weighted by Crippen LogP contribution is -2.43. The van der Waals surface area contributed by atoms with Crippen LogP contribution in [-0.4, -0.2) is 83.0 Å². The van der Waals surface area contributed by atoms with Gasteiger partial charge in [0.25, 0.3) is 10.9 Å². The first-order valence-electron chi connectivity index (χ1n) is 22.6. The second-order valence-electron chi connectivity index (χ2n) is 15.8. The Morgan fingerprint density at radius 2 is 1.07 bits per heavy atom. The zero-order valence-electron chi connectivity index (χ0n) is 36.2. The summed E-state index contributed by atoms with van der Waals surface area (Å²) in [5, 5.41) is 3.19. The average molecular weight is 778 g/mol. The van der Waals surface area contributed by atoms with E-state index in [4.69, 9.17) is 14.2 Å². The first-order valence-corrected chi connectivity index (χ1v) is 22.6. The van der Waals surface area contributed by atoms with Crippen LogP contribution in [0.25, 0.3) is 0 Å². The lowest BCUT2D eigenvalue weighted by molar-refractivity contribution is -0.150. The lowest BCUT2D eigenvalue weighted by atomic mass is 10.0. The summed E-state index contributed by atoms with van der Waals surface area (Å²) < 4.78 is 17.0. The summed E-state index contributed by atoms with van der Waals surface area (Å²) in [4.78, 5) is 54.3. The number of carbonyl (C=O) groups excluding carboxylic acids is 2. The number of hydrogen-bond donors (Lipinski definition) is 1. The predicted molar refractivity (Wildman–Crippen MR) is 229 cm³/mol. The lowest BCUT2D eigenvalue weighted by Gasteiger charge is -2.28. The van der Waals surface area contributed by atoms with E-state index < -0.39 is 10.9 Å². The molecule has 55 heavy (non-hydrogen) atoms. The van der Waals surface area contributed by atoms with Crippen LogP contribution in [-0.2, 0) is 23.8 Å². The van der Waals surface area contributed by atoms with E-state index in [-0.39, 0.29) is 18.0 Å². The zero-order chi connectivity index (χ0) is 40.4. The predicted octanol–water partition coefficient (Wildman–Crippen LogP) is 9.74. The van der Waals surface area contributed by atoms with Crippen LogP contribution in [0, 0.1) is 0 Å². The summed E-state index contributed by atoms with van der Waals surface area (Å²) in [6, 6.07) is 0. The molecule has 0 radical (unpaired) electrons. The third-order valence-corrected chi connectivity index (χ3v) is 10.4. The fourth-order valence-corrected chi connectivity index (χ4v) is 6.87. The molecule has 1 unspecified atom stereocenters. The summed E-state index contributed by atoms with van der Waals surface area (Å²) in [6.45, 7) is 10.9. The topological polar surface area (TPSA) is 114 Å². The molecule has 0 saturated heterocycles. The molecule has 1 atom stereocenters. The standard InChI is InChI=1S/C45H83N3O7/c1-6-9-12-16-22-29-39(28-21-13-10-7-2)55-41(50)31-24-18-15-20-26-34-48(33-25-19-14-17-23-30-40(49)54-36-27-11-8-3)43-42(44(51)45(43)52)46-32-37-53-38-35-47(4)5/h39,46H,6-38H2,1-5H3. The normalized spacial score (nSPS) is 12.0. The minimum Gasteiger partial charge on any atom is -0.466 e. The minimum atomic E-state index is -0.443. The van der Waals surface area contributed by atoms with E-state index >= 15 is 0 Å². The first kappa shape index (κ1) is 50.6. The van der Waals surface area contributed by atoms with Crippen molar-refractivity contribution in [1.82, 2.24) is 4.90 Å². The molecule has 0 aliphatic heterocycles. The Labute approximate surface area is 335 Å². The maximum absolute atomic E-state index is 12.9. The van der Waals surface area contributed by atoms with Gasteiger partial charge in [0.2, 0.25) is 0 Å². The van der Waals surface area contributed by atoms with Gasteiger partial charge in [0, 0.05) is 39.0 Å². The molecule has 0 bridgehead atoms. The highest BCUT2D eigenvalue weighted by molar-refractivity contribution is 5.75. The van der Waals surface area contributed by atoms with Gasteiger partial charge in [-0.15, -0.1) is 0 Å². The molecule has 0 amide bonds. The summed E-state index contributed by atoms with van der Waals surface area (Å²) in [7, 11) is 4.00. The van der Waals surface area contributed by atoms with Crippen LogP contribution < -0.4 is 21.1 Å². The summed E-state index contributed by atoms with van der Waals surface area (Å²) in [6.07, 6.45) is 26.5. The second-order valence-corrected chi connectivity index (χ2v) is 15.8. The molecule has 1 N–H and O–H groups in total. The van der Waals surface area contributed by atoms with Gasteiger partial charge in [0.1, 0.15) is 17.5 Å². The van der Waals surface area contributed by atoms with Gasteiger partial charge < -0.3 is 29.3 Å². The molecule has 10 nitrogen and oxygen atoms in total. The number of likely N-dealkylation sites (N-methyl/N-ethyl adjacent to an activating group) is 1. The van der Waals surface area contributed by atoms with Crippen LogP contribution in [0.5, 0.6) is 0 Å². The highest BCUT2D eigenvalue weighted by Crippen LogP contribution is 2.23. The van der Waals surface area contributed by atoms with E-state index in [0.717, 1.165) is 116 Å². The largest absolute Gasteiger partial charge is 0.466 e. The molecule has 0 aliphatic rings. The highest BCUT2D eigenvalue weighted by Gasteiger charge is 2.25. The van der Waals surface area contributed by atoms with E-state index in [2.05, 4.69) is 35.9 Å². The van der Waals surface area contributed by atoms with Crippen LogP contribution in [0.15, 0.2) is 9.59 Å². The molecule has 1 rings (SSSR count). The third kappa shape index (κ3) is 26.2. The van der Waals surface area contributed by atoms with Gasteiger partial charge in [-0.3, -0.25) is 19.2 Å². The molecule has 1 aromatic rings. The van der Waals surface area contributed by atoms with E-state index in [1.807, 2.05) is 14.1 Å². The molecule has 1 aromatic carbocycles. The maximum Gasteiger partial charge on any atom is 0.306 e. The number of anilines is 2. The maximum atomic E-state index is 12.9. The van der Waals surface area contributed by atoms with Gasteiger partial charge in [0.15, 0.2) is 0 Å². The smallest absolute Gasteiger partial charge is 0.306 e. The van der Waals surface area contributed by atoms with Crippen molar-refractivity contribution in [2.75, 3.05) is 70.3 Å². The molecular formula is C45H83N3O7. The zero-order valence-corrected chi connectivity index (χ0v) is 36.2. The number of rotatable bonds is 40. The average Bonchev–Trinajstić information content (AvgIpc) is 3.17. The van der Waals surface area contributed by atoms with Crippen molar-refractivity contribution in [2.45, 2.75) is 194 Å².